The van der Waals surface area contributed by atoms with Crippen LogP contribution in [-0.2, 0) is 24.3 Å². The van der Waals surface area contributed by atoms with Crippen LogP contribution >= 0.6 is 0 Å². The molecule has 23 heavy (non-hydrogen) atoms. The Labute approximate surface area is 130 Å². The maximum Gasteiger partial charge on any atom is 0.418 e. The summed E-state index contributed by atoms with van der Waals surface area (Å²) in [7, 11) is -4.85. The molecule has 0 saturated carbocycles. The molecule has 0 spiro atoms. The van der Waals surface area contributed by atoms with Gasteiger partial charge in [-0.05, 0) is 12.8 Å². The third kappa shape index (κ3) is 3.94. The number of aliphatic carboxylic acids is 1. The van der Waals surface area contributed by atoms with E-state index in [9.17, 15) is 22.8 Å². The Morgan fingerprint density at radius 1 is 1.39 bits per heavy atom. The van der Waals surface area contributed by atoms with E-state index in [0.29, 0.717) is 11.5 Å². The second-order valence-electron chi connectivity index (χ2n) is 5.01. The zero-order valence-corrected chi connectivity index (χ0v) is 12.5. The maximum atomic E-state index is 12.1. The average molecular weight is 350 g/mol. The maximum absolute atomic E-state index is 12.1. The van der Waals surface area contributed by atoms with Crippen molar-refractivity contribution in [3.05, 3.63) is 0 Å². The Bertz CT molecular complexity index is 674. The van der Waals surface area contributed by atoms with E-state index in [1.54, 1.807) is 0 Å². The zero-order chi connectivity index (χ0) is 17.4. The van der Waals surface area contributed by atoms with Crippen LogP contribution in [0.15, 0.2) is 4.99 Å². The third-order valence-corrected chi connectivity index (χ3v) is 3.74. The molecular weight excluding hydrogens is 336 g/mol. The minimum Gasteiger partial charge on any atom is -0.481 e. The highest BCUT2D eigenvalue weighted by atomic mass is 32.3. The van der Waals surface area contributed by atoms with E-state index >= 15 is 0 Å². The lowest BCUT2D eigenvalue weighted by atomic mass is 10.0. The number of aliphatic imine (C=N–C) groups is 1. The molecule has 12 nitrogen and oxygen atoms in total. The summed E-state index contributed by atoms with van der Waals surface area (Å²) in [5, 5.41) is 9.03. The quantitative estimate of drug-likeness (QED) is 0.226. The summed E-state index contributed by atoms with van der Waals surface area (Å²) in [4.78, 5) is 38.5. The van der Waals surface area contributed by atoms with Crippen LogP contribution in [0.25, 0.3) is 0 Å². The molecule has 128 valence electrons. The lowest BCUT2D eigenvalue weighted by Crippen LogP contribution is -2.48. The molecule has 2 aliphatic heterocycles. The molecule has 2 aliphatic rings. The summed E-state index contributed by atoms with van der Waals surface area (Å²) in [5.74, 6) is -2.56. The highest BCUT2D eigenvalue weighted by molar-refractivity contribution is 7.80. The fourth-order valence-corrected chi connectivity index (χ4v) is 2.91. The van der Waals surface area contributed by atoms with Gasteiger partial charge in [0.1, 0.15) is 12.3 Å². The molecule has 0 aromatic rings. The Kier molecular flexibility index (Phi) is 4.53. The molecule has 0 aliphatic carbocycles. The normalized spacial score (nSPS) is 24.9. The second-order valence-corrected chi connectivity index (χ2v) is 6.02. The van der Waals surface area contributed by atoms with E-state index in [4.69, 9.17) is 15.4 Å². The van der Waals surface area contributed by atoms with Gasteiger partial charge in [-0.2, -0.15) is 18.5 Å². The Morgan fingerprint density at radius 3 is 2.61 bits per heavy atom. The number of carbonyl (C=O) groups is 3. The topological polar surface area (TPSA) is 180 Å². The SMILES string of the molecule is NC(=NC(=O)CC(=O)O)[C@@H]1CC[C@@H]2CN1C(=O)N2OS(=O)(=O)O. The van der Waals surface area contributed by atoms with E-state index in [2.05, 4.69) is 9.28 Å². The third-order valence-electron chi connectivity index (χ3n) is 3.40. The van der Waals surface area contributed by atoms with E-state index in [1.165, 1.54) is 0 Å². The Hall–Kier alpha value is -2.25. The first-order valence-corrected chi connectivity index (χ1v) is 7.80. The lowest BCUT2D eigenvalue weighted by molar-refractivity contribution is -0.139. The van der Waals surface area contributed by atoms with E-state index < -0.39 is 46.8 Å². The number of amidine groups is 1. The zero-order valence-electron chi connectivity index (χ0n) is 11.7. The minimum atomic E-state index is -4.85. The number of piperidine rings is 1. The number of carboxylic acids is 1. The largest absolute Gasteiger partial charge is 0.481 e. The number of nitrogens with two attached hydrogens (primary N) is 1. The molecule has 2 fully saturated rings. The highest BCUT2D eigenvalue weighted by Crippen LogP contribution is 2.30. The van der Waals surface area contributed by atoms with Crippen LogP contribution in [0.3, 0.4) is 0 Å². The fourth-order valence-electron chi connectivity index (χ4n) is 2.53. The summed E-state index contributed by atoms with van der Waals surface area (Å²) in [6.45, 7) is 0.0718. The van der Waals surface area contributed by atoms with Crippen molar-refractivity contribution in [3.8, 4) is 0 Å². The smallest absolute Gasteiger partial charge is 0.418 e. The van der Waals surface area contributed by atoms with Gasteiger partial charge < -0.3 is 15.7 Å². The number of amides is 3. The molecule has 2 rings (SSSR count). The number of rotatable bonds is 5. The van der Waals surface area contributed by atoms with Crippen LogP contribution in [0.4, 0.5) is 4.79 Å². The first-order valence-electron chi connectivity index (χ1n) is 6.44. The van der Waals surface area contributed by atoms with Crippen LogP contribution in [0.5, 0.6) is 0 Å². The van der Waals surface area contributed by atoms with Crippen LogP contribution in [0.2, 0.25) is 0 Å². The van der Waals surface area contributed by atoms with Gasteiger partial charge in [0.05, 0.1) is 12.1 Å². The Morgan fingerprint density at radius 2 is 2.04 bits per heavy atom. The molecule has 0 aromatic carbocycles. The number of carboxylic acid groups (broad SMARTS) is 1. The van der Waals surface area contributed by atoms with Crippen LogP contribution < -0.4 is 5.73 Å². The number of hydroxylamine groups is 2. The van der Waals surface area contributed by atoms with Crippen molar-refractivity contribution in [2.24, 2.45) is 10.7 Å². The predicted molar refractivity (Wildman–Crippen MR) is 72.3 cm³/mol. The Balaban J connectivity index is 2.13. The van der Waals surface area contributed by atoms with Crippen LogP contribution in [-0.4, -0.2) is 70.4 Å². The van der Waals surface area contributed by atoms with Crippen molar-refractivity contribution in [2.75, 3.05) is 6.54 Å². The van der Waals surface area contributed by atoms with Crippen molar-refractivity contribution in [1.82, 2.24) is 9.96 Å². The summed E-state index contributed by atoms with van der Waals surface area (Å²) in [5.41, 5.74) is 5.66. The standard InChI is InChI=1S/C10H14N4O8S/c11-9(12-7(15)3-8(16)17)6-2-1-5-4-13(6)10(18)14(5)22-23(19,20)21/h5-6H,1-4H2,(H,16,17)(H2,11,12,15)(H,19,20,21)/t5-,6+/m1/s1. The van der Waals surface area contributed by atoms with Crippen molar-refractivity contribution in [2.45, 2.75) is 31.3 Å². The fraction of sp³-hybridized carbons (Fsp3) is 0.600. The van der Waals surface area contributed by atoms with Crippen molar-refractivity contribution in [1.29, 1.82) is 0 Å². The van der Waals surface area contributed by atoms with Gasteiger partial charge in [0.2, 0.25) is 0 Å². The van der Waals surface area contributed by atoms with Gasteiger partial charge in [0, 0.05) is 6.54 Å². The van der Waals surface area contributed by atoms with Crippen molar-refractivity contribution in [3.63, 3.8) is 0 Å². The lowest BCUT2D eigenvalue weighted by Gasteiger charge is -2.29. The summed E-state index contributed by atoms with van der Waals surface area (Å²) in [6, 6.07) is -2.23. The van der Waals surface area contributed by atoms with Gasteiger partial charge in [-0.25, -0.2) is 4.79 Å². The monoisotopic (exact) mass is 350 g/mol. The van der Waals surface area contributed by atoms with Gasteiger partial charge >= 0.3 is 22.4 Å². The second kappa shape index (κ2) is 6.10. The van der Waals surface area contributed by atoms with Crippen molar-refractivity contribution >= 4 is 34.1 Å². The number of nitrogens with zero attached hydrogens (tertiary/aromatic N) is 3. The molecule has 2 atom stereocenters. The van der Waals surface area contributed by atoms with E-state index in [1.807, 2.05) is 0 Å². The van der Waals surface area contributed by atoms with E-state index in [-0.39, 0.29) is 18.8 Å². The van der Waals surface area contributed by atoms with Gasteiger partial charge in [-0.3, -0.25) is 14.1 Å². The number of carbonyl (C=O) groups excluding carboxylic acids is 2. The molecule has 3 amide bonds. The predicted octanol–water partition coefficient (Wildman–Crippen LogP) is -1.65. The summed E-state index contributed by atoms with van der Waals surface area (Å²) < 4.78 is 34.4. The summed E-state index contributed by atoms with van der Waals surface area (Å²) >= 11 is 0. The molecule has 0 aromatic heterocycles. The molecule has 4 N–H and O–H groups in total. The van der Waals surface area contributed by atoms with Crippen molar-refractivity contribution < 1.29 is 36.7 Å². The van der Waals surface area contributed by atoms with Gasteiger partial charge in [0.15, 0.2) is 0 Å². The van der Waals surface area contributed by atoms with Crippen LogP contribution in [0.1, 0.15) is 19.3 Å². The van der Waals surface area contributed by atoms with Gasteiger partial charge in [-0.1, -0.05) is 0 Å². The molecule has 0 radical (unpaired) electrons. The average Bonchev–Trinajstić information content (AvgIpc) is 2.61. The minimum absolute atomic E-state index is 0.0718. The number of fused-ring (bicyclic) bond motifs is 2. The summed E-state index contributed by atoms with van der Waals surface area (Å²) in [6.07, 6.45) is -0.259. The van der Waals surface area contributed by atoms with E-state index in [0.717, 1.165) is 4.90 Å². The van der Waals surface area contributed by atoms with Crippen LogP contribution in [0, 0.1) is 0 Å². The van der Waals surface area contributed by atoms with Gasteiger partial charge in [-0.15, -0.1) is 4.28 Å². The molecule has 2 saturated heterocycles. The number of hydrogen-bond acceptors (Lipinski definition) is 6. The number of urea groups is 1. The molecular formula is C10H14N4O8S. The number of hydrogen-bond donors (Lipinski definition) is 3. The first kappa shape index (κ1) is 17.1. The molecule has 0 unspecified atom stereocenters. The highest BCUT2D eigenvalue weighted by Gasteiger charge is 2.48. The first-order chi connectivity index (χ1) is 10.6. The van der Waals surface area contributed by atoms with Gasteiger partial charge in [0.25, 0.3) is 5.91 Å². The molecule has 2 bridgehead atoms. The molecule has 2 heterocycles. The molecule has 13 heteroatoms.